The number of hydrogen-bond acceptors (Lipinski definition) is 6. The van der Waals surface area contributed by atoms with Crippen molar-refractivity contribution in [1.29, 1.82) is 0 Å². The quantitative estimate of drug-likeness (QED) is 0.563. The number of carbonyl (C=O) groups is 1. The lowest BCUT2D eigenvalue weighted by Gasteiger charge is -2.25. The predicted octanol–water partition coefficient (Wildman–Crippen LogP) is 3.32. The van der Waals surface area contributed by atoms with Crippen molar-refractivity contribution in [2.45, 2.75) is 39.7 Å². The maximum absolute atomic E-state index is 13.5. The Hall–Kier alpha value is -3.32. The lowest BCUT2D eigenvalue weighted by molar-refractivity contribution is -0.139. The van der Waals surface area contributed by atoms with Gasteiger partial charge in [-0.05, 0) is 49.1 Å². The molecule has 0 N–H and O–H groups in total. The Morgan fingerprint density at radius 1 is 1.22 bits per heavy atom. The Morgan fingerprint density at radius 3 is 2.59 bits per heavy atom. The topological polar surface area (TPSA) is 73.6 Å². The SMILES string of the molecule is CCOC(=O)C1=C(C)N=c2s/c(=C/c3ccccn3)c(=O)n2C1c1ccc(C(C)C)cc1. The van der Waals surface area contributed by atoms with Crippen LogP contribution in [0.4, 0.5) is 0 Å². The molecule has 0 saturated heterocycles. The molecule has 1 aliphatic rings. The summed E-state index contributed by atoms with van der Waals surface area (Å²) in [4.78, 5) is 35.9. The lowest BCUT2D eigenvalue weighted by Crippen LogP contribution is -2.40. The number of esters is 1. The highest BCUT2D eigenvalue weighted by atomic mass is 32.1. The number of hydrogen-bond donors (Lipinski definition) is 0. The lowest BCUT2D eigenvalue weighted by atomic mass is 9.93. The second kappa shape index (κ2) is 9.04. The first kappa shape index (κ1) is 21.9. The van der Waals surface area contributed by atoms with Gasteiger partial charge >= 0.3 is 5.97 Å². The van der Waals surface area contributed by atoms with Crippen LogP contribution in [-0.4, -0.2) is 22.1 Å². The molecule has 6 nitrogen and oxygen atoms in total. The van der Waals surface area contributed by atoms with E-state index in [1.807, 2.05) is 42.5 Å². The van der Waals surface area contributed by atoms with Crippen molar-refractivity contribution in [3.8, 4) is 0 Å². The second-order valence-corrected chi connectivity index (χ2v) is 8.89. The fraction of sp³-hybridized carbons (Fsp3) is 0.280. The second-order valence-electron chi connectivity index (χ2n) is 7.88. The molecule has 1 aromatic carbocycles. The molecule has 1 aliphatic heterocycles. The van der Waals surface area contributed by atoms with Gasteiger partial charge in [0.05, 0.1) is 34.1 Å². The molecular weight excluding hydrogens is 422 g/mol. The Labute approximate surface area is 190 Å². The molecule has 3 heterocycles. The van der Waals surface area contributed by atoms with Gasteiger partial charge in [-0.25, -0.2) is 9.79 Å². The van der Waals surface area contributed by atoms with E-state index >= 15 is 0 Å². The van der Waals surface area contributed by atoms with Crippen LogP contribution in [0.15, 0.2) is 69.7 Å². The molecule has 0 spiro atoms. The maximum Gasteiger partial charge on any atom is 0.338 e. The molecule has 1 atom stereocenters. The molecule has 2 aromatic heterocycles. The first-order valence-corrected chi connectivity index (χ1v) is 11.4. The summed E-state index contributed by atoms with van der Waals surface area (Å²) in [7, 11) is 0. The number of ether oxygens (including phenoxy) is 1. The van der Waals surface area contributed by atoms with Gasteiger partial charge in [0.25, 0.3) is 5.56 Å². The Balaban J connectivity index is 1.94. The van der Waals surface area contributed by atoms with Crippen molar-refractivity contribution in [2.24, 2.45) is 4.99 Å². The monoisotopic (exact) mass is 447 g/mol. The zero-order chi connectivity index (χ0) is 22.8. The number of carbonyl (C=O) groups excluding carboxylic acids is 1. The van der Waals surface area contributed by atoms with Crippen LogP contribution in [0.25, 0.3) is 6.08 Å². The van der Waals surface area contributed by atoms with E-state index in [1.165, 1.54) is 16.9 Å². The van der Waals surface area contributed by atoms with Gasteiger partial charge in [0.2, 0.25) is 0 Å². The fourth-order valence-corrected chi connectivity index (χ4v) is 4.80. The summed E-state index contributed by atoms with van der Waals surface area (Å²) < 4.78 is 7.45. The van der Waals surface area contributed by atoms with E-state index in [-0.39, 0.29) is 12.2 Å². The molecule has 7 heteroatoms. The van der Waals surface area contributed by atoms with E-state index in [4.69, 9.17) is 4.74 Å². The van der Waals surface area contributed by atoms with Gasteiger partial charge in [-0.3, -0.25) is 14.3 Å². The van der Waals surface area contributed by atoms with Crippen LogP contribution < -0.4 is 14.9 Å². The molecule has 164 valence electrons. The van der Waals surface area contributed by atoms with Gasteiger partial charge in [0.15, 0.2) is 4.80 Å². The van der Waals surface area contributed by atoms with Crippen molar-refractivity contribution in [3.63, 3.8) is 0 Å². The minimum atomic E-state index is -0.600. The van der Waals surface area contributed by atoms with Crippen LogP contribution in [0.3, 0.4) is 0 Å². The minimum absolute atomic E-state index is 0.202. The molecular formula is C25H25N3O3S. The average molecular weight is 448 g/mol. The van der Waals surface area contributed by atoms with Crippen molar-refractivity contribution in [2.75, 3.05) is 6.61 Å². The first-order chi connectivity index (χ1) is 15.4. The van der Waals surface area contributed by atoms with E-state index in [0.717, 1.165) is 5.56 Å². The normalized spacial score (nSPS) is 16.2. The zero-order valence-electron chi connectivity index (χ0n) is 18.5. The standard InChI is InChI=1S/C25H25N3O3S/c1-5-31-24(30)21-16(4)27-25-28(22(21)18-11-9-17(10-12-18)15(2)3)23(29)20(32-25)14-19-8-6-7-13-26-19/h6-15,22H,5H2,1-4H3/b20-14+. The summed E-state index contributed by atoms with van der Waals surface area (Å²) in [5.74, 6) is -0.0723. The van der Waals surface area contributed by atoms with Gasteiger partial charge in [0, 0.05) is 6.20 Å². The van der Waals surface area contributed by atoms with E-state index in [9.17, 15) is 9.59 Å². The third-order valence-corrected chi connectivity index (χ3v) is 6.39. The molecule has 0 aliphatic carbocycles. The predicted molar refractivity (Wildman–Crippen MR) is 125 cm³/mol. The van der Waals surface area contributed by atoms with E-state index in [0.29, 0.717) is 32.2 Å². The van der Waals surface area contributed by atoms with Gasteiger partial charge in [-0.2, -0.15) is 0 Å². The van der Waals surface area contributed by atoms with Crippen LogP contribution in [0.5, 0.6) is 0 Å². The van der Waals surface area contributed by atoms with Crippen molar-refractivity contribution < 1.29 is 9.53 Å². The maximum atomic E-state index is 13.5. The molecule has 1 unspecified atom stereocenters. The molecule has 0 amide bonds. The number of fused-ring (bicyclic) bond motifs is 1. The summed E-state index contributed by atoms with van der Waals surface area (Å²) in [6, 6.07) is 13.0. The van der Waals surface area contributed by atoms with Gasteiger partial charge in [-0.15, -0.1) is 0 Å². The summed E-state index contributed by atoms with van der Waals surface area (Å²) in [6.45, 7) is 8.06. The summed E-state index contributed by atoms with van der Waals surface area (Å²) in [6.07, 6.45) is 3.44. The number of nitrogens with zero attached hydrogens (tertiary/aromatic N) is 3. The number of aromatic nitrogens is 2. The largest absolute Gasteiger partial charge is 0.463 e. The Morgan fingerprint density at radius 2 is 1.97 bits per heavy atom. The Kier molecular flexibility index (Phi) is 6.19. The molecule has 0 bridgehead atoms. The summed E-state index contributed by atoms with van der Waals surface area (Å²) in [5.41, 5.74) is 3.48. The number of benzene rings is 1. The molecule has 3 aromatic rings. The fourth-order valence-electron chi connectivity index (χ4n) is 3.77. The molecule has 32 heavy (non-hydrogen) atoms. The number of thiazole rings is 1. The van der Waals surface area contributed by atoms with Crippen LogP contribution in [0.1, 0.15) is 56.5 Å². The molecule has 0 saturated carbocycles. The highest BCUT2D eigenvalue weighted by Crippen LogP contribution is 2.31. The number of pyridine rings is 1. The molecule has 0 fully saturated rings. The van der Waals surface area contributed by atoms with Crippen molar-refractivity contribution >= 4 is 23.4 Å². The van der Waals surface area contributed by atoms with E-state index in [2.05, 4.69) is 23.8 Å². The van der Waals surface area contributed by atoms with Gasteiger partial charge < -0.3 is 4.74 Å². The minimum Gasteiger partial charge on any atom is -0.463 e. The van der Waals surface area contributed by atoms with Gasteiger partial charge in [-0.1, -0.05) is 55.5 Å². The summed E-state index contributed by atoms with van der Waals surface area (Å²) >= 11 is 1.30. The molecule has 4 rings (SSSR count). The highest BCUT2D eigenvalue weighted by molar-refractivity contribution is 7.07. The smallest absolute Gasteiger partial charge is 0.338 e. The average Bonchev–Trinajstić information content (AvgIpc) is 3.08. The van der Waals surface area contributed by atoms with Gasteiger partial charge in [0.1, 0.15) is 0 Å². The van der Waals surface area contributed by atoms with E-state index in [1.54, 1.807) is 30.7 Å². The van der Waals surface area contributed by atoms with Crippen molar-refractivity contribution in [1.82, 2.24) is 9.55 Å². The Bertz CT molecular complexity index is 1350. The third-order valence-electron chi connectivity index (χ3n) is 5.40. The molecule has 0 radical (unpaired) electrons. The summed E-state index contributed by atoms with van der Waals surface area (Å²) in [5, 5.41) is 0. The third kappa shape index (κ3) is 4.08. The number of allylic oxidation sites excluding steroid dienone is 1. The number of rotatable bonds is 5. The highest BCUT2D eigenvalue weighted by Gasteiger charge is 2.33. The van der Waals surface area contributed by atoms with Crippen LogP contribution in [-0.2, 0) is 9.53 Å². The first-order valence-electron chi connectivity index (χ1n) is 10.6. The van der Waals surface area contributed by atoms with Crippen LogP contribution in [0, 0.1) is 0 Å². The van der Waals surface area contributed by atoms with Crippen LogP contribution in [0.2, 0.25) is 0 Å². The van der Waals surface area contributed by atoms with Crippen molar-refractivity contribution in [3.05, 3.63) is 96.4 Å². The van der Waals surface area contributed by atoms with Crippen LogP contribution >= 0.6 is 11.3 Å². The zero-order valence-corrected chi connectivity index (χ0v) is 19.3. The van der Waals surface area contributed by atoms with E-state index < -0.39 is 12.0 Å².